The van der Waals surface area contributed by atoms with E-state index < -0.39 is 17.0 Å². The van der Waals surface area contributed by atoms with Crippen LogP contribution in [0.4, 0.5) is 5.82 Å². The number of aromatic nitrogens is 4. The molecule has 0 bridgehead atoms. The molecule has 0 aliphatic heterocycles. The highest BCUT2D eigenvalue weighted by atomic mass is 16.2. The zero-order valence-electron chi connectivity index (χ0n) is 13.3. The predicted octanol–water partition coefficient (Wildman–Crippen LogP) is 1.11. The minimum Gasteiger partial charge on any atom is -0.309 e. The van der Waals surface area contributed by atoms with Crippen molar-refractivity contribution < 1.29 is 4.79 Å². The van der Waals surface area contributed by atoms with Crippen molar-refractivity contribution in [2.45, 2.75) is 26.4 Å². The normalized spacial score (nSPS) is 11.1. The summed E-state index contributed by atoms with van der Waals surface area (Å²) in [6.07, 6.45) is 1.58. The van der Waals surface area contributed by atoms with Crippen LogP contribution >= 0.6 is 0 Å². The number of anilines is 1. The van der Waals surface area contributed by atoms with E-state index in [-0.39, 0.29) is 18.0 Å². The van der Waals surface area contributed by atoms with Gasteiger partial charge in [0.05, 0.1) is 17.0 Å². The number of aromatic amines is 1. The number of hydrogen-bond acceptors (Lipinski definition) is 4. The summed E-state index contributed by atoms with van der Waals surface area (Å²) in [6.45, 7) is 3.59. The molecule has 3 aromatic rings. The number of benzene rings is 1. The summed E-state index contributed by atoms with van der Waals surface area (Å²) < 4.78 is 2.67. The molecule has 0 saturated carbocycles. The number of fused-ring (bicyclic) bond motifs is 1. The van der Waals surface area contributed by atoms with Crippen LogP contribution in [0.3, 0.4) is 0 Å². The van der Waals surface area contributed by atoms with Crippen molar-refractivity contribution in [3.63, 3.8) is 0 Å². The maximum absolute atomic E-state index is 12.4. The molecule has 1 aromatic carbocycles. The molecule has 24 heavy (non-hydrogen) atoms. The first-order valence-corrected chi connectivity index (χ1v) is 7.52. The molecule has 0 radical (unpaired) electrons. The van der Waals surface area contributed by atoms with Crippen LogP contribution < -0.4 is 16.4 Å². The predicted molar refractivity (Wildman–Crippen MR) is 90.1 cm³/mol. The van der Waals surface area contributed by atoms with Gasteiger partial charge < -0.3 is 5.32 Å². The Bertz CT molecular complexity index is 1010. The van der Waals surface area contributed by atoms with Crippen molar-refractivity contribution in [3.05, 3.63) is 57.2 Å². The number of nitrogens with zero attached hydrogens (tertiary/aromatic N) is 3. The third-order valence-electron chi connectivity index (χ3n) is 3.61. The minimum absolute atomic E-state index is 0.0819. The van der Waals surface area contributed by atoms with E-state index >= 15 is 0 Å². The van der Waals surface area contributed by atoms with Gasteiger partial charge in [-0.05, 0) is 26.0 Å². The van der Waals surface area contributed by atoms with E-state index in [0.29, 0.717) is 11.2 Å². The molecule has 0 aliphatic rings. The van der Waals surface area contributed by atoms with Crippen molar-refractivity contribution >= 4 is 22.5 Å². The van der Waals surface area contributed by atoms with Gasteiger partial charge in [0.25, 0.3) is 11.1 Å². The van der Waals surface area contributed by atoms with Crippen molar-refractivity contribution in [2.75, 3.05) is 5.32 Å². The molecule has 3 rings (SSSR count). The lowest BCUT2D eigenvalue weighted by molar-refractivity contribution is -0.117. The molecule has 0 fully saturated rings. The summed E-state index contributed by atoms with van der Waals surface area (Å²) in [5, 5.41) is 9.83. The van der Waals surface area contributed by atoms with Gasteiger partial charge in [-0.15, -0.1) is 0 Å². The molecule has 0 unspecified atom stereocenters. The highest BCUT2D eigenvalue weighted by Gasteiger charge is 2.13. The average Bonchev–Trinajstić information content (AvgIpc) is 3.00. The average molecular weight is 327 g/mol. The van der Waals surface area contributed by atoms with Crippen molar-refractivity contribution in [1.82, 2.24) is 19.6 Å². The Morgan fingerprint density at radius 3 is 2.62 bits per heavy atom. The molecular weight excluding hydrogens is 310 g/mol. The van der Waals surface area contributed by atoms with E-state index in [1.807, 2.05) is 13.8 Å². The fourth-order valence-electron chi connectivity index (χ4n) is 2.51. The smallest absolute Gasteiger partial charge is 0.273 e. The molecule has 0 aliphatic carbocycles. The van der Waals surface area contributed by atoms with Gasteiger partial charge in [-0.1, -0.05) is 12.1 Å². The second-order valence-corrected chi connectivity index (χ2v) is 5.68. The lowest BCUT2D eigenvalue weighted by Crippen LogP contribution is -2.34. The topological polar surface area (TPSA) is 102 Å². The molecule has 0 saturated heterocycles. The lowest BCUT2D eigenvalue weighted by atomic mass is 10.2. The van der Waals surface area contributed by atoms with Crippen LogP contribution in [0.2, 0.25) is 0 Å². The van der Waals surface area contributed by atoms with E-state index in [4.69, 9.17) is 0 Å². The summed E-state index contributed by atoms with van der Waals surface area (Å²) in [5.41, 5.74) is -0.831. The Hall–Kier alpha value is -3.16. The van der Waals surface area contributed by atoms with Crippen LogP contribution in [0.25, 0.3) is 10.8 Å². The molecule has 124 valence electrons. The number of H-pyrrole nitrogens is 1. The second-order valence-electron chi connectivity index (χ2n) is 5.68. The first-order chi connectivity index (χ1) is 11.5. The van der Waals surface area contributed by atoms with Crippen LogP contribution in [0.15, 0.2) is 46.1 Å². The fourth-order valence-corrected chi connectivity index (χ4v) is 2.51. The summed E-state index contributed by atoms with van der Waals surface area (Å²) in [4.78, 5) is 36.6. The van der Waals surface area contributed by atoms with Gasteiger partial charge in [-0.25, -0.2) is 9.36 Å². The van der Waals surface area contributed by atoms with Crippen LogP contribution in [-0.2, 0) is 11.3 Å². The largest absolute Gasteiger partial charge is 0.309 e. The Kier molecular flexibility index (Phi) is 4.03. The second kappa shape index (κ2) is 6.15. The summed E-state index contributed by atoms with van der Waals surface area (Å²) in [7, 11) is 0. The molecular formula is C16H17N5O3. The molecule has 2 heterocycles. The number of hydrogen-bond donors (Lipinski definition) is 2. The van der Waals surface area contributed by atoms with E-state index in [9.17, 15) is 14.4 Å². The van der Waals surface area contributed by atoms with Gasteiger partial charge in [0, 0.05) is 12.1 Å². The fraction of sp³-hybridized carbons (Fsp3) is 0.250. The first kappa shape index (κ1) is 15.7. The minimum atomic E-state index is -0.426. The lowest BCUT2D eigenvalue weighted by Gasteiger charge is -2.12. The highest BCUT2D eigenvalue weighted by molar-refractivity contribution is 5.90. The molecule has 2 aromatic heterocycles. The Morgan fingerprint density at radius 1 is 1.21 bits per heavy atom. The number of rotatable bonds is 4. The molecule has 8 nitrogen and oxygen atoms in total. The Morgan fingerprint density at radius 2 is 1.92 bits per heavy atom. The monoisotopic (exact) mass is 327 g/mol. The maximum atomic E-state index is 12.4. The maximum Gasteiger partial charge on any atom is 0.273 e. The summed E-state index contributed by atoms with van der Waals surface area (Å²) in [6, 6.07) is 8.24. The van der Waals surface area contributed by atoms with E-state index in [2.05, 4.69) is 15.5 Å². The zero-order valence-corrected chi connectivity index (χ0v) is 13.3. The number of nitrogens with one attached hydrogen (secondary N) is 2. The van der Waals surface area contributed by atoms with Gasteiger partial charge in [-0.3, -0.25) is 19.5 Å². The molecule has 1 amide bonds. The van der Waals surface area contributed by atoms with Gasteiger partial charge >= 0.3 is 0 Å². The standard InChI is InChI=1S/C16H17N5O3/c1-10(2)21-13(7-8-17-21)18-14(22)9-20-16(24)12-6-4-3-5-11(12)15(23)19-20/h3-8,10H,9H2,1-2H3,(H,18,22)(H,19,23). The van der Waals surface area contributed by atoms with Crippen molar-refractivity contribution in [2.24, 2.45) is 0 Å². The molecule has 2 N–H and O–H groups in total. The van der Waals surface area contributed by atoms with Gasteiger partial charge in [0.2, 0.25) is 5.91 Å². The van der Waals surface area contributed by atoms with E-state index in [1.54, 1.807) is 41.2 Å². The number of carbonyl (C=O) groups excluding carboxylic acids is 1. The SMILES string of the molecule is CC(C)n1nccc1NC(=O)Cn1[nH]c(=O)c2ccccc2c1=O. The number of carbonyl (C=O) groups is 1. The van der Waals surface area contributed by atoms with Crippen molar-refractivity contribution in [3.8, 4) is 0 Å². The summed E-state index contributed by atoms with van der Waals surface area (Å²) in [5.74, 6) is 0.108. The Balaban J connectivity index is 1.89. The van der Waals surface area contributed by atoms with Gasteiger partial charge in [-0.2, -0.15) is 5.10 Å². The van der Waals surface area contributed by atoms with Crippen LogP contribution in [0, 0.1) is 0 Å². The van der Waals surface area contributed by atoms with Crippen LogP contribution in [0.5, 0.6) is 0 Å². The Labute approximate surface area is 136 Å². The quantitative estimate of drug-likeness (QED) is 0.749. The van der Waals surface area contributed by atoms with Crippen LogP contribution in [-0.4, -0.2) is 25.5 Å². The van der Waals surface area contributed by atoms with Gasteiger partial charge in [0.15, 0.2) is 0 Å². The van der Waals surface area contributed by atoms with E-state index in [1.165, 1.54) is 0 Å². The van der Waals surface area contributed by atoms with Crippen molar-refractivity contribution in [1.29, 1.82) is 0 Å². The number of amides is 1. The highest BCUT2D eigenvalue weighted by Crippen LogP contribution is 2.12. The first-order valence-electron chi connectivity index (χ1n) is 7.52. The summed E-state index contributed by atoms with van der Waals surface area (Å²) >= 11 is 0. The molecule has 8 heteroatoms. The molecule has 0 spiro atoms. The van der Waals surface area contributed by atoms with Crippen LogP contribution in [0.1, 0.15) is 19.9 Å². The van der Waals surface area contributed by atoms with Gasteiger partial charge in [0.1, 0.15) is 12.4 Å². The third-order valence-corrected chi connectivity index (χ3v) is 3.61. The van der Waals surface area contributed by atoms with E-state index in [0.717, 1.165) is 4.68 Å². The molecule has 0 atom stereocenters. The zero-order chi connectivity index (χ0) is 17.3. The third kappa shape index (κ3) is 2.85.